The van der Waals surface area contributed by atoms with E-state index < -0.39 is 5.97 Å². The molecule has 5 nitrogen and oxygen atoms in total. The predicted octanol–water partition coefficient (Wildman–Crippen LogP) is 2.25. The van der Waals surface area contributed by atoms with Gasteiger partial charge in [0.05, 0.1) is 24.6 Å². The molecule has 0 aliphatic heterocycles. The molecule has 1 unspecified atom stereocenters. The summed E-state index contributed by atoms with van der Waals surface area (Å²) in [6.45, 7) is 2.61. The molecule has 0 saturated carbocycles. The van der Waals surface area contributed by atoms with Gasteiger partial charge >= 0.3 is 5.97 Å². The number of nitrogens with one attached hydrogen (secondary N) is 1. The van der Waals surface area contributed by atoms with Crippen LogP contribution in [-0.2, 0) is 16.0 Å². The number of carboxylic acids is 1. The molecule has 1 rings (SSSR count). The van der Waals surface area contributed by atoms with Crippen LogP contribution < -0.4 is 5.32 Å². The fourth-order valence-electron chi connectivity index (χ4n) is 2.08. The van der Waals surface area contributed by atoms with E-state index >= 15 is 0 Å². The Morgan fingerprint density at radius 2 is 1.95 bits per heavy atom. The number of aromatic carboxylic acids is 1. The minimum atomic E-state index is -0.967. The molecular formula is C16H23NO4. The summed E-state index contributed by atoms with van der Waals surface area (Å²) in [5, 5.41) is 11.8. The molecule has 0 heterocycles. The van der Waals surface area contributed by atoms with Crippen molar-refractivity contribution in [2.75, 3.05) is 13.7 Å². The normalized spacial score (nSPS) is 11.9. The lowest BCUT2D eigenvalue weighted by Crippen LogP contribution is -2.38. The molecule has 0 fully saturated rings. The van der Waals surface area contributed by atoms with E-state index in [1.807, 2.05) is 0 Å². The van der Waals surface area contributed by atoms with Gasteiger partial charge in [-0.2, -0.15) is 0 Å². The zero-order valence-electron chi connectivity index (χ0n) is 12.6. The standard InChI is InChI=1S/C16H23NO4/c1-3-4-5-14(11-21-2)17-15(18)10-12-6-8-13(9-7-12)16(19)20/h6-9,14H,3-5,10-11H2,1-2H3,(H,17,18)(H,19,20). The molecule has 0 aromatic heterocycles. The van der Waals surface area contributed by atoms with E-state index in [1.54, 1.807) is 19.2 Å². The molecule has 2 N–H and O–H groups in total. The molecule has 5 heteroatoms. The van der Waals surface area contributed by atoms with E-state index in [4.69, 9.17) is 9.84 Å². The molecule has 1 aromatic rings. The average Bonchev–Trinajstić information content (AvgIpc) is 2.45. The second-order valence-electron chi connectivity index (χ2n) is 5.04. The first-order chi connectivity index (χ1) is 10.1. The molecule has 1 aromatic carbocycles. The number of unbranched alkanes of at least 4 members (excludes halogenated alkanes) is 1. The number of benzene rings is 1. The van der Waals surface area contributed by atoms with E-state index in [2.05, 4.69) is 12.2 Å². The second-order valence-corrected chi connectivity index (χ2v) is 5.04. The first-order valence-electron chi connectivity index (χ1n) is 7.17. The van der Waals surface area contributed by atoms with Crippen LogP contribution in [-0.4, -0.2) is 36.7 Å². The number of methoxy groups -OCH3 is 1. The maximum atomic E-state index is 12.0. The van der Waals surface area contributed by atoms with E-state index in [0.717, 1.165) is 24.8 Å². The van der Waals surface area contributed by atoms with Crippen molar-refractivity contribution in [3.8, 4) is 0 Å². The van der Waals surface area contributed by atoms with Crippen molar-refractivity contribution in [3.05, 3.63) is 35.4 Å². The molecule has 0 bridgehead atoms. The number of carboxylic acid groups (broad SMARTS) is 1. The maximum Gasteiger partial charge on any atom is 0.335 e. The second kappa shape index (κ2) is 9.13. The zero-order chi connectivity index (χ0) is 15.7. The van der Waals surface area contributed by atoms with Gasteiger partial charge in [0, 0.05) is 7.11 Å². The lowest BCUT2D eigenvalue weighted by Gasteiger charge is -2.17. The van der Waals surface area contributed by atoms with Crippen molar-refractivity contribution in [3.63, 3.8) is 0 Å². The molecule has 1 amide bonds. The topological polar surface area (TPSA) is 75.6 Å². The van der Waals surface area contributed by atoms with Crippen molar-refractivity contribution in [1.82, 2.24) is 5.32 Å². The predicted molar refractivity (Wildman–Crippen MR) is 80.4 cm³/mol. The van der Waals surface area contributed by atoms with Crippen LogP contribution in [0.4, 0.5) is 0 Å². The number of amides is 1. The smallest absolute Gasteiger partial charge is 0.335 e. The maximum absolute atomic E-state index is 12.0. The van der Waals surface area contributed by atoms with E-state index in [1.165, 1.54) is 12.1 Å². The van der Waals surface area contributed by atoms with Crippen molar-refractivity contribution in [1.29, 1.82) is 0 Å². The van der Waals surface area contributed by atoms with E-state index in [9.17, 15) is 9.59 Å². The van der Waals surface area contributed by atoms with E-state index in [0.29, 0.717) is 6.61 Å². The fourth-order valence-corrected chi connectivity index (χ4v) is 2.08. The number of hydrogen-bond acceptors (Lipinski definition) is 3. The van der Waals surface area contributed by atoms with Gasteiger partial charge in [0.1, 0.15) is 0 Å². The zero-order valence-corrected chi connectivity index (χ0v) is 12.6. The summed E-state index contributed by atoms with van der Waals surface area (Å²) in [7, 11) is 1.62. The van der Waals surface area contributed by atoms with Gasteiger partial charge in [-0.3, -0.25) is 4.79 Å². The molecule has 0 aliphatic rings. The van der Waals surface area contributed by atoms with Gasteiger partial charge in [-0.25, -0.2) is 4.79 Å². The van der Waals surface area contributed by atoms with Crippen LogP contribution in [0, 0.1) is 0 Å². The molecule has 0 spiro atoms. The Bertz CT molecular complexity index is 456. The van der Waals surface area contributed by atoms with Gasteiger partial charge in [0.25, 0.3) is 0 Å². The van der Waals surface area contributed by atoms with Gasteiger partial charge in [0.2, 0.25) is 5.91 Å². The average molecular weight is 293 g/mol. The first-order valence-corrected chi connectivity index (χ1v) is 7.17. The molecule has 116 valence electrons. The van der Waals surface area contributed by atoms with Crippen LogP contribution in [0.15, 0.2) is 24.3 Å². The number of rotatable bonds is 9. The summed E-state index contributed by atoms with van der Waals surface area (Å²) in [6.07, 6.45) is 3.26. The summed E-state index contributed by atoms with van der Waals surface area (Å²) >= 11 is 0. The Morgan fingerprint density at radius 1 is 1.29 bits per heavy atom. The summed E-state index contributed by atoms with van der Waals surface area (Å²) in [5.41, 5.74) is 1.02. The molecule has 1 atom stereocenters. The minimum absolute atomic E-state index is 0.0285. The molecular weight excluding hydrogens is 270 g/mol. The molecule has 0 aliphatic carbocycles. The number of hydrogen-bond donors (Lipinski definition) is 2. The minimum Gasteiger partial charge on any atom is -0.478 e. The van der Waals surface area contributed by atoms with Crippen LogP contribution >= 0.6 is 0 Å². The number of carbonyl (C=O) groups excluding carboxylic acids is 1. The largest absolute Gasteiger partial charge is 0.478 e. The Morgan fingerprint density at radius 3 is 2.48 bits per heavy atom. The van der Waals surface area contributed by atoms with Crippen molar-refractivity contribution < 1.29 is 19.4 Å². The number of carbonyl (C=O) groups is 2. The number of ether oxygens (including phenoxy) is 1. The van der Waals surface area contributed by atoms with Gasteiger partial charge in [0.15, 0.2) is 0 Å². The van der Waals surface area contributed by atoms with Crippen LogP contribution in [0.3, 0.4) is 0 Å². The van der Waals surface area contributed by atoms with Crippen LogP contribution in [0.25, 0.3) is 0 Å². The fraction of sp³-hybridized carbons (Fsp3) is 0.500. The monoisotopic (exact) mass is 293 g/mol. The molecule has 0 saturated heterocycles. The highest BCUT2D eigenvalue weighted by atomic mass is 16.5. The van der Waals surface area contributed by atoms with Crippen molar-refractivity contribution in [2.45, 2.75) is 38.6 Å². The van der Waals surface area contributed by atoms with Crippen molar-refractivity contribution >= 4 is 11.9 Å². The summed E-state index contributed by atoms with van der Waals surface area (Å²) < 4.78 is 5.11. The van der Waals surface area contributed by atoms with Gasteiger partial charge in [-0.1, -0.05) is 31.9 Å². The quantitative estimate of drug-likeness (QED) is 0.732. The summed E-state index contributed by atoms with van der Waals surface area (Å²) in [4.78, 5) is 22.8. The lowest BCUT2D eigenvalue weighted by atomic mass is 10.1. The van der Waals surface area contributed by atoms with Crippen LogP contribution in [0.5, 0.6) is 0 Å². The van der Waals surface area contributed by atoms with Gasteiger partial charge in [-0.05, 0) is 24.1 Å². The van der Waals surface area contributed by atoms with Crippen LogP contribution in [0.1, 0.15) is 42.1 Å². The lowest BCUT2D eigenvalue weighted by molar-refractivity contribution is -0.121. The Kier molecular flexibility index (Phi) is 7.46. The third-order valence-corrected chi connectivity index (χ3v) is 3.20. The Balaban J connectivity index is 2.52. The SMILES string of the molecule is CCCCC(COC)NC(=O)Cc1ccc(C(=O)O)cc1. The van der Waals surface area contributed by atoms with E-state index in [-0.39, 0.29) is 23.9 Å². The third kappa shape index (κ3) is 6.40. The Hall–Kier alpha value is -1.88. The van der Waals surface area contributed by atoms with Crippen molar-refractivity contribution in [2.24, 2.45) is 0 Å². The first kappa shape index (κ1) is 17.2. The Labute approximate surface area is 125 Å². The van der Waals surface area contributed by atoms with Crippen LogP contribution in [0.2, 0.25) is 0 Å². The highest BCUT2D eigenvalue weighted by molar-refractivity contribution is 5.87. The van der Waals surface area contributed by atoms with Gasteiger partial charge < -0.3 is 15.2 Å². The third-order valence-electron chi connectivity index (χ3n) is 3.20. The molecule has 21 heavy (non-hydrogen) atoms. The molecule has 0 radical (unpaired) electrons. The summed E-state index contributed by atoms with van der Waals surface area (Å²) in [6, 6.07) is 6.38. The summed E-state index contributed by atoms with van der Waals surface area (Å²) in [5.74, 6) is -1.04. The van der Waals surface area contributed by atoms with Gasteiger partial charge in [-0.15, -0.1) is 0 Å². The highest BCUT2D eigenvalue weighted by Gasteiger charge is 2.12. The highest BCUT2D eigenvalue weighted by Crippen LogP contribution is 2.06.